The number of amides is 2. The van der Waals surface area contributed by atoms with Crippen LogP contribution in [0.25, 0.3) is 0 Å². The van der Waals surface area contributed by atoms with Crippen molar-refractivity contribution in [2.45, 2.75) is 55.6 Å². The monoisotopic (exact) mass is 512 g/mol. The molecule has 3 aliphatic heterocycles. The van der Waals surface area contributed by atoms with Gasteiger partial charge in [-0.05, 0) is 51.2 Å². The van der Waals surface area contributed by atoms with Gasteiger partial charge in [0.25, 0.3) is 5.91 Å². The highest BCUT2D eigenvalue weighted by Crippen LogP contribution is 2.71. The molecule has 194 valence electrons. The highest BCUT2D eigenvalue weighted by Gasteiger charge is 2.77. The van der Waals surface area contributed by atoms with E-state index in [-0.39, 0.29) is 31.6 Å². The molecule has 2 bridgehead atoms. The third-order valence-electron chi connectivity index (χ3n) is 7.95. The first-order valence-electron chi connectivity index (χ1n) is 12.5. The number of nitrogens with zero attached hydrogens (tertiary/aromatic N) is 2. The van der Waals surface area contributed by atoms with E-state index in [4.69, 9.17) is 4.74 Å². The van der Waals surface area contributed by atoms with Gasteiger partial charge in [0.2, 0.25) is 5.91 Å². The maximum Gasteiger partial charge on any atom is 0.311 e. The van der Waals surface area contributed by atoms with E-state index in [0.717, 1.165) is 23.2 Å². The largest absolute Gasteiger partial charge is 0.461 e. The number of carbonyl (C=O) groups is 3. The first-order valence-corrected chi connectivity index (χ1v) is 13.4. The van der Waals surface area contributed by atoms with Crippen LogP contribution in [0.1, 0.15) is 37.3 Å². The molecule has 3 saturated heterocycles. The third-order valence-corrected chi connectivity index (χ3v) is 9.94. The molecule has 1 spiro atoms. The first kappa shape index (κ1) is 26.5. The number of ether oxygens (including phenoxy) is 1. The lowest BCUT2D eigenvalue weighted by atomic mass is 9.66. The fourth-order valence-corrected chi connectivity index (χ4v) is 8.91. The summed E-state index contributed by atoms with van der Waals surface area (Å²) < 4.78 is 4.24. The molecule has 3 fully saturated rings. The Hall–Kier alpha value is -2.58. The summed E-state index contributed by atoms with van der Waals surface area (Å²) >= 11 is 1.61. The topological polar surface area (TPSA) is 87.1 Å². The van der Waals surface area contributed by atoms with E-state index in [9.17, 15) is 19.5 Å². The summed E-state index contributed by atoms with van der Waals surface area (Å²) in [5, 5.41) is 9.56. The average molecular weight is 513 g/mol. The van der Waals surface area contributed by atoms with Crippen LogP contribution in [0.4, 0.5) is 5.69 Å². The lowest BCUT2D eigenvalue weighted by Crippen LogP contribution is -2.55. The zero-order valence-corrected chi connectivity index (χ0v) is 22.2. The first-order chi connectivity index (χ1) is 17.2. The number of hydrogen-bond donors (Lipinski definition) is 1. The molecule has 1 aromatic rings. The number of hydrogen-bond acceptors (Lipinski definition) is 6. The third kappa shape index (κ3) is 3.98. The summed E-state index contributed by atoms with van der Waals surface area (Å²) in [6.45, 7) is 14.0. The van der Waals surface area contributed by atoms with E-state index in [0.29, 0.717) is 19.4 Å². The molecule has 0 aromatic heterocycles. The van der Waals surface area contributed by atoms with Crippen LogP contribution < -0.4 is 4.90 Å². The SMILES string of the molecule is C=CCOC(=O)[C@@H]1[C@H]2C(=O)N(CCCO)C(C(=O)N(CC=C)c3c(C)cccc3C)C23CC[C@@]1(C)S3. The van der Waals surface area contributed by atoms with Crippen LogP contribution in [0.2, 0.25) is 0 Å². The van der Waals surface area contributed by atoms with Crippen molar-refractivity contribution < 1.29 is 24.2 Å². The van der Waals surface area contributed by atoms with Gasteiger partial charge in [-0.25, -0.2) is 0 Å². The lowest BCUT2D eigenvalue weighted by Gasteiger charge is -2.38. The van der Waals surface area contributed by atoms with Crippen molar-refractivity contribution >= 4 is 35.2 Å². The van der Waals surface area contributed by atoms with Crippen molar-refractivity contribution in [2.75, 3.05) is 31.2 Å². The number of para-hydroxylation sites is 1. The summed E-state index contributed by atoms with van der Waals surface area (Å²) in [6.07, 6.45) is 4.96. The lowest BCUT2D eigenvalue weighted by molar-refractivity contribution is -0.154. The van der Waals surface area contributed by atoms with Gasteiger partial charge in [0.05, 0.1) is 16.6 Å². The number of likely N-dealkylation sites (tertiary alicyclic amines) is 1. The van der Waals surface area contributed by atoms with Crippen LogP contribution in [0.3, 0.4) is 0 Å². The summed E-state index contributed by atoms with van der Waals surface area (Å²) in [5.74, 6) is -2.05. The summed E-state index contributed by atoms with van der Waals surface area (Å²) in [6, 6.07) is 5.16. The number of esters is 1. The number of benzene rings is 1. The molecule has 8 heteroatoms. The van der Waals surface area contributed by atoms with Crippen molar-refractivity contribution in [2.24, 2.45) is 11.8 Å². The number of fused-ring (bicyclic) bond motifs is 1. The second-order valence-electron chi connectivity index (χ2n) is 10.2. The molecule has 2 unspecified atom stereocenters. The fourth-order valence-electron chi connectivity index (χ4n) is 6.57. The molecule has 3 aliphatic rings. The van der Waals surface area contributed by atoms with Crippen LogP contribution in [0.5, 0.6) is 0 Å². The van der Waals surface area contributed by atoms with E-state index >= 15 is 0 Å². The fraction of sp³-hybridized carbons (Fsp3) is 0.536. The minimum Gasteiger partial charge on any atom is -0.461 e. The minimum atomic E-state index is -0.746. The van der Waals surface area contributed by atoms with E-state index in [1.54, 1.807) is 27.6 Å². The standard InChI is InChI=1S/C28H36N2O5S/c1-6-14-29(22-18(3)10-8-11-19(22)4)25(33)23-28-13-12-27(5,36-28)21(26(34)35-17-7-2)20(28)24(32)30(23)15-9-16-31/h6-8,10-11,20-21,23,31H,1-2,9,12-17H2,3-5H3/t20-,21-,23?,27+,28?/m0/s1. The molecule has 0 radical (unpaired) electrons. The van der Waals surface area contributed by atoms with Crippen LogP contribution in [-0.2, 0) is 19.1 Å². The highest BCUT2D eigenvalue weighted by molar-refractivity contribution is 8.02. The number of rotatable bonds is 10. The molecule has 4 rings (SSSR count). The van der Waals surface area contributed by atoms with Gasteiger partial charge < -0.3 is 19.6 Å². The number of carbonyl (C=O) groups excluding carboxylic acids is 3. The molecule has 0 saturated carbocycles. The van der Waals surface area contributed by atoms with E-state index in [1.165, 1.54) is 6.08 Å². The normalized spacial score (nSPS) is 30.3. The number of anilines is 1. The van der Waals surface area contributed by atoms with Crippen molar-refractivity contribution in [3.63, 3.8) is 0 Å². The Balaban J connectivity index is 1.81. The summed E-state index contributed by atoms with van der Waals surface area (Å²) in [5.41, 5.74) is 2.75. The zero-order valence-electron chi connectivity index (χ0n) is 21.4. The molecule has 1 aromatic carbocycles. The Kier molecular flexibility index (Phi) is 7.40. The number of thioether (sulfide) groups is 1. The Bertz CT molecular complexity index is 1070. The number of aliphatic hydroxyl groups is 1. The maximum absolute atomic E-state index is 14.5. The highest BCUT2D eigenvalue weighted by atomic mass is 32.2. The van der Waals surface area contributed by atoms with Crippen molar-refractivity contribution in [3.05, 3.63) is 54.6 Å². The van der Waals surface area contributed by atoms with Crippen molar-refractivity contribution in [3.8, 4) is 0 Å². The van der Waals surface area contributed by atoms with Gasteiger partial charge in [-0.2, -0.15) is 0 Å². The van der Waals surface area contributed by atoms with Gasteiger partial charge in [-0.3, -0.25) is 14.4 Å². The van der Waals surface area contributed by atoms with E-state index in [2.05, 4.69) is 13.2 Å². The molecular formula is C28H36N2O5S. The van der Waals surface area contributed by atoms with Gasteiger partial charge >= 0.3 is 5.97 Å². The molecule has 1 N–H and O–H groups in total. The summed E-state index contributed by atoms with van der Waals surface area (Å²) in [4.78, 5) is 45.1. The zero-order chi connectivity index (χ0) is 26.3. The molecule has 7 nitrogen and oxygen atoms in total. The van der Waals surface area contributed by atoms with Gasteiger partial charge in [-0.1, -0.05) is 36.9 Å². The molecule has 36 heavy (non-hydrogen) atoms. The molecule has 5 atom stereocenters. The van der Waals surface area contributed by atoms with Crippen LogP contribution >= 0.6 is 11.8 Å². The average Bonchev–Trinajstić information content (AvgIpc) is 3.40. The molecule has 2 amide bonds. The Morgan fingerprint density at radius 1 is 1.25 bits per heavy atom. The second-order valence-corrected chi connectivity index (χ2v) is 12.1. The predicted molar refractivity (Wildman–Crippen MR) is 142 cm³/mol. The minimum absolute atomic E-state index is 0.0836. The van der Waals surface area contributed by atoms with Crippen LogP contribution in [0.15, 0.2) is 43.5 Å². The Labute approximate surface area is 217 Å². The van der Waals surface area contributed by atoms with Gasteiger partial charge in [0, 0.05) is 30.1 Å². The molecule has 3 heterocycles. The molecular weight excluding hydrogens is 476 g/mol. The predicted octanol–water partition coefficient (Wildman–Crippen LogP) is 3.42. The molecule has 0 aliphatic carbocycles. The van der Waals surface area contributed by atoms with E-state index < -0.39 is 33.3 Å². The van der Waals surface area contributed by atoms with Gasteiger partial charge in [0.15, 0.2) is 0 Å². The van der Waals surface area contributed by atoms with Crippen LogP contribution in [0, 0.1) is 25.7 Å². The Morgan fingerprint density at radius 2 is 1.94 bits per heavy atom. The second kappa shape index (κ2) is 10.1. The van der Waals surface area contributed by atoms with Crippen LogP contribution in [-0.4, -0.2) is 69.6 Å². The van der Waals surface area contributed by atoms with Gasteiger partial charge in [-0.15, -0.1) is 18.3 Å². The van der Waals surface area contributed by atoms with Gasteiger partial charge in [0.1, 0.15) is 12.6 Å². The quantitative estimate of drug-likeness (QED) is 0.382. The maximum atomic E-state index is 14.5. The Morgan fingerprint density at radius 3 is 2.56 bits per heavy atom. The number of aliphatic hydroxyl groups excluding tert-OH is 1. The smallest absolute Gasteiger partial charge is 0.311 e. The van der Waals surface area contributed by atoms with Crippen molar-refractivity contribution in [1.82, 2.24) is 4.90 Å². The summed E-state index contributed by atoms with van der Waals surface area (Å²) in [7, 11) is 0. The van der Waals surface area contributed by atoms with Crippen molar-refractivity contribution in [1.29, 1.82) is 0 Å². The number of aryl methyl sites for hydroxylation is 2. The van der Waals surface area contributed by atoms with E-state index in [1.807, 2.05) is 39.0 Å².